The van der Waals surface area contributed by atoms with Crippen LogP contribution in [0.2, 0.25) is 0 Å². The zero-order chi connectivity index (χ0) is 31.7. The van der Waals surface area contributed by atoms with E-state index in [4.69, 9.17) is 5.10 Å². The van der Waals surface area contributed by atoms with Gasteiger partial charge in [-0.05, 0) is 57.8 Å². The number of halogens is 3. The molecule has 1 aromatic heterocycles. The topological polar surface area (TPSA) is 102 Å². The van der Waals surface area contributed by atoms with Crippen molar-refractivity contribution < 1.29 is 31.8 Å². The second-order valence-electron chi connectivity index (χ2n) is 12.7. The highest BCUT2D eigenvalue weighted by Crippen LogP contribution is 2.40. The normalized spacial score (nSPS) is 21.3. The number of hydrogen-bond acceptors (Lipinski definition) is 8. The third kappa shape index (κ3) is 8.37. The summed E-state index contributed by atoms with van der Waals surface area (Å²) in [6, 6.07) is 4.02. The SMILES string of the molecule is CC1(O)CCN(CCSc2cc(-c3nn(CC(O)CN4CCCCC4)c4c3CN(S(C)(=O)=O)CC4)ccc2C(F)(F)F)CC1. The van der Waals surface area contributed by atoms with Crippen LogP contribution < -0.4 is 0 Å². The molecule has 0 aliphatic carbocycles. The molecule has 1 unspecified atom stereocenters. The minimum atomic E-state index is -4.53. The first-order valence-corrected chi connectivity index (χ1v) is 18.3. The molecule has 44 heavy (non-hydrogen) atoms. The molecule has 2 aromatic rings. The summed E-state index contributed by atoms with van der Waals surface area (Å²) in [5.41, 5.74) is 1.02. The van der Waals surface area contributed by atoms with Crippen LogP contribution in [0.1, 0.15) is 55.8 Å². The van der Waals surface area contributed by atoms with Crippen molar-refractivity contribution in [2.45, 2.75) is 81.3 Å². The maximum atomic E-state index is 14.1. The second kappa shape index (κ2) is 13.6. The van der Waals surface area contributed by atoms with Crippen LogP contribution in [-0.4, -0.2) is 112 Å². The Labute approximate surface area is 262 Å². The van der Waals surface area contributed by atoms with E-state index >= 15 is 0 Å². The summed E-state index contributed by atoms with van der Waals surface area (Å²) in [6.45, 7) is 6.77. The van der Waals surface area contributed by atoms with Crippen molar-refractivity contribution in [3.63, 3.8) is 0 Å². The molecule has 0 bridgehead atoms. The van der Waals surface area contributed by atoms with Crippen molar-refractivity contribution in [1.29, 1.82) is 0 Å². The Bertz CT molecular complexity index is 1400. The summed E-state index contributed by atoms with van der Waals surface area (Å²) in [5, 5.41) is 26.0. The van der Waals surface area contributed by atoms with Crippen LogP contribution in [0.3, 0.4) is 0 Å². The van der Waals surface area contributed by atoms with Gasteiger partial charge in [0.25, 0.3) is 0 Å². The lowest BCUT2D eigenvalue weighted by molar-refractivity contribution is -0.139. The van der Waals surface area contributed by atoms with Gasteiger partial charge in [-0.25, -0.2) is 8.42 Å². The molecule has 3 aliphatic heterocycles. The van der Waals surface area contributed by atoms with Crippen LogP contribution in [-0.2, 0) is 35.7 Å². The molecule has 0 radical (unpaired) electrons. The molecule has 1 atom stereocenters. The molecule has 14 heteroatoms. The molecule has 2 fully saturated rings. The van der Waals surface area contributed by atoms with E-state index in [0.717, 1.165) is 55.7 Å². The van der Waals surface area contributed by atoms with Crippen LogP contribution >= 0.6 is 11.8 Å². The van der Waals surface area contributed by atoms with Crippen molar-refractivity contribution in [3.8, 4) is 11.3 Å². The lowest BCUT2D eigenvalue weighted by Crippen LogP contribution is -2.43. The highest BCUT2D eigenvalue weighted by atomic mass is 32.2. The first kappa shape index (κ1) is 33.7. The monoisotopic (exact) mass is 659 g/mol. The molecule has 3 aliphatic rings. The number of thioether (sulfide) groups is 1. The van der Waals surface area contributed by atoms with E-state index in [0.29, 0.717) is 68.0 Å². The van der Waals surface area contributed by atoms with E-state index in [1.165, 1.54) is 22.9 Å². The van der Waals surface area contributed by atoms with E-state index < -0.39 is 33.5 Å². The van der Waals surface area contributed by atoms with Crippen molar-refractivity contribution >= 4 is 21.8 Å². The number of sulfonamides is 1. The Kier molecular flexibility index (Phi) is 10.4. The average Bonchev–Trinajstić information content (AvgIpc) is 3.31. The lowest BCUT2D eigenvalue weighted by Gasteiger charge is -2.35. The molecule has 246 valence electrons. The molecule has 4 heterocycles. The largest absolute Gasteiger partial charge is 0.417 e. The standard InChI is InChI=1S/C30H44F3N5O4S2/c1-29(40)9-14-35(15-10-29)16-17-43-27-18-22(6-7-25(27)30(31,32)33)28-24-21-37(44(2,41)42)13-8-26(24)38(34-28)20-23(39)19-36-11-4-3-5-12-36/h6-7,18,23,39-40H,3-5,8-17,19-21H2,1-2H3. The van der Waals surface area contributed by atoms with Gasteiger partial charge in [0, 0.05) is 73.2 Å². The van der Waals surface area contributed by atoms with Gasteiger partial charge in [-0.15, -0.1) is 11.8 Å². The number of benzene rings is 1. The fourth-order valence-electron chi connectivity index (χ4n) is 6.40. The average molecular weight is 660 g/mol. The van der Waals surface area contributed by atoms with E-state index in [2.05, 4.69) is 9.80 Å². The van der Waals surface area contributed by atoms with E-state index in [9.17, 15) is 31.8 Å². The molecule has 2 N–H and O–H groups in total. The van der Waals surface area contributed by atoms with Gasteiger partial charge < -0.3 is 20.0 Å². The van der Waals surface area contributed by atoms with Crippen LogP contribution in [0, 0.1) is 0 Å². The van der Waals surface area contributed by atoms with Gasteiger partial charge in [0.2, 0.25) is 10.0 Å². The van der Waals surface area contributed by atoms with Gasteiger partial charge in [-0.1, -0.05) is 12.5 Å². The van der Waals surface area contributed by atoms with Gasteiger partial charge >= 0.3 is 6.18 Å². The Morgan fingerprint density at radius 3 is 2.41 bits per heavy atom. The molecule has 1 aromatic carbocycles. The maximum absolute atomic E-state index is 14.1. The molecular weight excluding hydrogens is 615 g/mol. The van der Waals surface area contributed by atoms with Crippen molar-refractivity contribution in [1.82, 2.24) is 23.9 Å². The van der Waals surface area contributed by atoms with Crippen molar-refractivity contribution in [3.05, 3.63) is 35.0 Å². The second-order valence-corrected chi connectivity index (χ2v) is 15.8. The van der Waals surface area contributed by atoms with Crippen molar-refractivity contribution in [2.75, 3.05) is 57.8 Å². The number of likely N-dealkylation sites (tertiary alicyclic amines) is 2. The quantitative estimate of drug-likeness (QED) is 0.373. The predicted octanol–water partition coefficient (Wildman–Crippen LogP) is 3.67. The number of β-amino-alcohol motifs (C(OH)–C–C–N with tert-alkyl or cyclic N) is 1. The van der Waals surface area contributed by atoms with Gasteiger partial charge in [0.05, 0.1) is 35.8 Å². The maximum Gasteiger partial charge on any atom is 0.417 e. The fourth-order valence-corrected chi connectivity index (χ4v) is 8.30. The molecule has 0 spiro atoms. The number of aliphatic hydroxyl groups excluding tert-OH is 1. The van der Waals surface area contributed by atoms with Gasteiger partial charge in [0.1, 0.15) is 0 Å². The highest BCUT2D eigenvalue weighted by molar-refractivity contribution is 7.99. The van der Waals surface area contributed by atoms with Crippen molar-refractivity contribution in [2.24, 2.45) is 0 Å². The number of aromatic nitrogens is 2. The number of nitrogens with zero attached hydrogens (tertiary/aromatic N) is 5. The smallest absolute Gasteiger partial charge is 0.390 e. The Morgan fingerprint density at radius 1 is 1.05 bits per heavy atom. The summed E-state index contributed by atoms with van der Waals surface area (Å²) in [7, 11) is -3.50. The third-order valence-corrected chi connectivity index (χ3v) is 11.3. The summed E-state index contributed by atoms with van der Waals surface area (Å²) >= 11 is 1.14. The number of aliphatic hydroxyl groups is 2. The van der Waals surface area contributed by atoms with Crippen LogP contribution in [0.4, 0.5) is 13.2 Å². The molecule has 0 amide bonds. The highest BCUT2D eigenvalue weighted by Gasteiger charge is 2.35. The lowest BCUT2D eigenvalue weighted by atomic mass is 9.94. The molecule has 5 rings (SSSR count). The number of fused-ring (bicyclic) bond motifs is 1. The summed E-state index contributed by atoms with van der Waals surface area (Å²) < 4.78 is 70.2. The predicted molar refractivity (Wildman–Crippen MR) is 165 cm³/mol. The van der Waals surface area contributed by atoms with Gasteiger partial charge in [-0.2, -0.15) is 22.6 Å². The zero-order valence-corrected chi connectivity index (χ0v) is 27.2. The van der Waals surface area contributed by atoms with Crippen LogP contribution in [0.5, 0.6) is 0 Å². The third-order valence-electron chi connectivity index (χ3n) is 9.03. The Hall–Kier alpha value is -1.68. The number of rotatable bonds is 10. The zero-order valence-electron chi connectivity index (χ0n) is 25.5. The van der Waals surface area contributed by atoms with Crippen LogP contribution in [0.15, 0.2) is 23.1 Å². The first-order valence-electron chi connectivity index (χ1n) is 15.4. The van der Waals surface area contributed by atoms with E-state index in [1.54, 1.807) is 4.68 Å². The Balaban J connectivity index is 1.41. The minimum Gasteiger partial charge on any atom is -0.390 e. The summed E-state index contributed by atoms with van der Waals surface area (Å²) in [6.07, 6.45) is 0.988. The van der Waals surface area contributed by atoms with Gasteiger partial charge in [-0.3, -0.25) is 4.68 Å². The Morgan fingerprint density at radius 2 is 1.75 bits per heavy atom. The van der Waals surface area contributed by atoms with Gasteiger partial charge in [0.15, 0.2) is 0 Å². The van der Waals surface area contributed by atoms with Crippen LogP contribution in [0.25, 0.3) is 11.3 Å². The fraction of sp³-hybridized carbons (Fsp3) is 0.700. The molecule has 9 nitrogen and oxygen atoms in total. The molecule has 0 saturated carbocycles. The minimum absolute atomic E-state index is 0.0773. The molecule has 2 saturated heterocycles. The summed E-state index contributed by atoms with van der Waals surface area (Å²) in [5.74, 6) is 0.450. The number of alkyl halides is 3. The first-order chi connectivity index (χ1) is 20.7. The van der Waals surface area contributed by atoms with E-state index in [1.807, 2.05) is 6.92 Å². The number of piperidine rings is 2. The number of hydrogen-bond donors (Lipinski definition) is 2. The molecular formula is C30H44F3N5O4S2. The van der Waals surface area contributed by atoms with E-state index in [-0.39, 0.29) is 24.5 Å². The summed E-state index contributed by atoms with van der Waals surface area (Å²) in [4.78, 5) is 4.50.